The van der Waals surface area contributed by atoms with Crippen LogP contribution in [0.2, 0.25) is 0 Å². The van der Waals surface area contributed by atoms with Crippen LogP contribution in [-0.4, -0.2) is 74.9 Å². The van der Waals surface area contributed by atoms with E-state index in [0.29, 0.717) is 23.9 Å². The van der Waals surface area contributed by atoms with Gasteiger partial charge in [-0.15, -0.1) is 0 Å². The van der Waals surface area contributed by atoms with E-state index in [1.807, 2.05) is 21.1 Å². The van der Waals surface area contributed by atoms with Crippen LogP contribution in [-0.2, 0) is 32.7 Å². The van der Waals surface area contributed by atoms with E-state index in [0.717, 1.165) is 44.9 Å². The summed E-state index contributed by atoms with van der Waals surface area (Å²) in [6, 6.07) is 0. The van der Waals surface area contributed by atoms with Crippen molar-refractivity contribution in [2.75, 3.05) is 47.5 Å². The third kappa shape index (κ3) is 25.3. The van der Waals surface area contributed by atoms with Gasteiger partial charge in [0.1, 0.15) is 19.8 Å². The second kappa shape index (κ2) is 22.8. The second-order valence-corrected chi connectivity index (χ2v) is 12.6. The summed E-state index contributed by atoms with van der Waals surface area (Å²) < 4.78 is 33.7. The number of phosphoric acid groups is 1. The SMILES string of the molecule is CCCCCCCCCCCC(=O)OC[C@H](COP(=O)(O)OCC[N+](C)(C)C)OC(=O)CCCCCCC. The Morgan fingerprint density at radius 2 is 1.18 bits per heavy atom. The number of hydrogen-bond acceptors (Lipinski definition) is 7. The summed E-state index contributed by atoms with van der Waals surface area (Å²) in [6.45, 7) is 4.26. The highest BCUT2D eigenvalue weighted by molar-refractivity contribution is 7.47. The number of rotatable bonds is 26. The monoisotopic (exact) mass is 566 g/mol. The molecule has 0 fully saturated rings. The van der Waals surface area contributed by atoms with Crippen molar-refractivity contribution in [2.24, 2.45) is 0 Å². The predicted octanol–water partition coefficient (Wildman–Crippen LogP) is 6.56. The van der Waals surface area contributed by atoms with Gasteiger partial charge in [-0.1, -0.05) is 90.9 Å². The van der Waals surface area contributed by atoms with Crippen molar-refractivity contribution in [2.45, 2.75) is 123 Å². The molecule has 0 radical (unpaired) electrons. The number of carbonyl (C=O) groups excluding carboxylic acids is 2. The van der Waals surface area contributed by atoms with Crippen LogP contribution in [0.15, 0.2) is 0 Å². The first-order chi connectivity index (χ1) is 18.0. The summed E-state index contributed by atoms with van der Waals surface area (Å²) in [4.78, 5) is 34.5. The normalized spacial score (nSPS) is 14.2. The molecule has 0 aromatic rings. The van der Waals surface area contributed by atoms with Crippen molar-refractivity contribution in [3.8, 4) is 0 Å². The summed E-state index contributed by atoms with van der Waals surface area (Å²) in [5, 5.41) is 0. The minimum Gasteiger partial charge on any atom is -0.462 e. The summed E-state index contributed by atoms with van der Waals surface area (Å²) in [5.74, 6) is -0.816. The fourth-order valence-corrected chi connectivity index (χ4v) is 4.46. The lowest BCUT2D eigenvalue weighted by molar-refractivity contribution is -0.870. The van der Waals surface area contributed by atoms with E-state index in [-0.39, 0.29) is 25.6 Å². The van der Waals surface area contributed by atoms with Crippen LogP contribution in [0.4, 0.5) is 0 Å². The number of esters is 2. The predicted molar refractivity (Wildman–Crippen MR) is 151 cm³/mol. The van der Waals surface area contributed by atoms with Crippen molar-refractivity contribution < 1.29 is 42.1 Å². The molecule has 0 bridgehead atoms. The molecular weight excluding hydrogens is 509 g/mol. The lowest BCUT2D eigenvalue weighted by Crippen LogP contribution is -2.37. The molecule has 0 aromatic heterocycles. The van der Waals surface area contributed by atoms with Gasteiger partial charge in [0.2, 0.25) is 0 Å². The zero-order chi connectivity index (χ0) is 28.7. The van der Waals surface area contributed by atoms with Gasteiger partial charge in [-0.2, -0.15) is 0 Å². The Morgan fingerprint density at radius 1 is 0.711 bits per heavy atom. The molecule has 2 atom stereocenters. The van der Waals surface area contributed by atoms with Gasteiger partial charge >= 0.3 is 19.8 Å². The maximum Gasteiger partial charge on any atom is 0.472 e. The van der Waals surface area contributed by atoms with E-state index in [9.17, 15) is 19.0 Å². The van der Waals surface area contributed by atoms with E-state index >= 15 is 0 Å². The van der Waals surface area contributed by atoms with Gasteiger partial charge in [-0.3, -0.25) is 18.6 Å². The first-order valence-electron chi connectivity index (χ1n) is 14.8. The number of carbonyl (C=O) groups is 2. The molecule has 0 amide bonds. The first kappa shape index (κ1) is 37.0. The molecule has 10 heteroatoms. The Balaban J connectivity index is 4.51. The van der Waals surface area contributed by atoms with Crippen LogP contribution in [0.5, 0.6) is 0 Å². The Morgan fingerprint density at radius 3 is 1.68 bits per heavy atom. The van der Waals surface area contributed by atoms with Gasteiger partial charge in [0, 0.05) is 12.8 Å². The van der Waals surface area contributed by atoms with Gasteiger partial charge in [-0.05, 0) is 12.8 Å². The Labute approximate surface area is 232 Å². The third-order valence-electron chi connectivity index (χ3n) is 6.14. The maximum absolute atomic E-state index is 12.3. The lowest BCUT2D eigenvalue weighted by Gasteiger charge is -2.24. The molecule has 9 nitrogen and oxygen atoms in total. The number of likely N-dealkylation sites (N-methyl/N-ethyl adjacent to an activating group) is 1. The minimum absolute atomic E-state index is 0.0349. The smallest absolute Gasteiger partial charge is 0.462 e. The minimum atomic E-state index is -4.34. The Hall–Kier alpha value is -0.990. The molecule has 0 aliphatic heterocycles. The molecular formula is C28H57NO8P+. The van der Waals surface area contributed by atoms with Crippen LogP contribution in [0.3, 0.4) is 0 Å². The van der Waals surface area contributed by atoms with Gasteiger partial charge < -0.3 is 18.9 Å². The van der Waals surface area contributed by atoms with Crippen LogP contribution in [0, 0.1) is 0 Å². The highest BCUT2D eigenvalue weighted by Crippen LogP contribution is 2.43. The highest BCUT2D eigenvalue weighted by atomic mass is 31.2. The maximum atomic E-state index is 12.3. The number of nitrogens with zero attached hydrogens (tertiary/aromatic N) is 1. The number of ether oxygens (including phenoxy) is 2. The standard InChI is InChI=1S/C28H56NO8P/c1-6-8-10-12-13-14-15-17-18-20-27(30)34-24-26(37-28(31)21-19-16-11-9-7-2)25-36-38(32,33)35-23-22-29(3,4)5/h26H,6-25H2,1-5H3/p+1/t26-/m1/s1. The van der Waals surface area contributed by atoms with Crippen LogP contribution in [0.25, 0.3) is 0 Å². The average molecular weight is 567 g/mol. The molecule has 0 aliphatic carbocycles. The zero-order valence-corrected chi connectivity index (χ0v) is 25.8. The Kier molecular flexibility index (Phi) is 22.2. The van der Waals surface area contributed by atoms with Gasteiger partial charge in [0.05, 0.1) is 27.7 Å². The molecule has 0 rings (SSSR count). The largest absolute Gasteiger partial charge is 0.472 e. The fraction of sp³-hybridized carbons (Fsp3) is 0.929. The van der Waals surface area contributed by atoms with Crippen molar-refractivity contribution >= 4 is 19.8 Å². The van der Waals surface area contributed by atoms with E-state index in [1.165, 1.54) is 38.5 Å². The quantitative estimate of drug-likeness (QED) is 0.0543. The fourth-order valence-electron chi connectivity index (χ4n) is 3.72. The molecule has 0 aromatic carbocycles. The van der Waals surface area contributed by atoms with Crippen molar-refractivity contribution in [3.63, 3.8) is 0 Å². The molecule has 38 heavy (non-hydrogen) atoms. The lowest BCUT2D eigenvalue weighted by atomic mass is 10.1. The van der Waals surface area contributed by atoms with Gasteiger partial charge in [0.15, 0.2) is 6.10 Å². The van der Waals surface area contributed by atoms with Crippen molar-refractivity contribution in [3.05, 3.63) is 0 Å². The summed E-state index contributed by atoms with van der Waals surface area (Å²) >= 11 is 0. The zero-order valence-electron chi connectivity index (χ0n) is 24.9. The van der Waals surface area contributed by atoms with Crippen LogP contribution >= 0.6 is 7.82 Å². The van der Waals surface area contributed by atoms with Gasteiger partial charge in [-0.25, -0.2) is 4.57 Å². The summed E-state index contributed by atoms with van der Waals surface area (Å²) in [5.41, 5.74) is 0. The molecule has 0 saturated heterocycles. The average Bonchev–Trinajstić information content (AvgIpc) is 2.83. The van der Waals surface area contributed by atoms with E-state index in [2.05, 4.69) is 13.8 Å². The van der Waals surface area contributed by atoms with Crippen LogP contribution < -0.4 is 0 Å². The molecule has 0 spiro atoms. The van der Waals surface area contributed by atoms with Crippen molar-refractivity contribution in [1.29, 1.82) is 0 Å². The summed E-state index contributed by atoms with van der Waals surface area (Å²) in [7, 11) is 1.48. The number of hydrogen-bond donors (Lipinski definition) is 1. The van der Waals surface area contributed by atoms with Crippen molar-refractivity contribution in [1.82, 2.24) is 0 Å². The van der Waals surface area contributed by atoms with Crippen LogP contribution in [0.1, 0.15) is 117 Å². The van der Waals surface area contributed by atoms with E-state index < -0.39 is 26.5 Å². The van der Waals surface area contributed by atoms with E-state index in [4.69, 9.17) is 18.5 Å². The number of phosphoric ester groups is 1. The summed E-state index contributed by atoms with van der Waals surface area (Å²) in [6.07, 6.45) is 14.9. The molecule has 0 aliphatic rings. The number of quaternary nitrogens is 1. The van der Waals surface area contributed by atoms with E-state index in [1.54, 1.807) is 0 Å². The first-order valence-corrected chi connectivity index (χ1v) is 16.3. The molecule has 226 valence electrons. The highest BCUT2D eigenvalue weighted by Gasteiger charge is 2.27. The van der Waals surface area contributed by atoms with Gasteiger partial charge in [0.25, 0.3) is 0 Å². The molecule has 1 N–H and O–H groups in total. The number of unbranched alkanes of at least 4 members (excludes halogenated alkanes) is 12. The topological polar surface area (TPSA) is 108 Å². The Bertz CT molecular complexity index is 653. The molecule has 0 heterocycles. The second-order valence-electron chi connectivity index (χ2n) is 11.1. The molecule has 0 saturated carbocycles. The molecule has 1 unspecified atom stereocenters. The third-order valence-corrected chi connectivity index (χ3v) is 7.12.